The van der Waals surface area contributed by atoms with Gasteiger partial charge in [0.15, 0.2) is 0 Å². The van der Waals surface area contributed by atoms with Gasteiger partial charge in [-0.1, -0.05) is 11.6 Å². The molecule has 0 amide bonds. The fourth-order valence-corrected chi connectivity index (χ4v) is 1.93. The lowest BCUT2D eigenvalue weighted by molar-refractivity contribution is 0.0694. The Hall–Kier alpha value is -1.86. The summed E-state index contributed by atoms with van der Waals surface area (Å²) in [4.78, 5) is 35.8. The standard InChI is InChI=1S/C11H6BrClN2O4/c12-7-3-5(1-2-8(7)13)15-4-6(10(17)18)9(16)14-11(15)19/h1-4H,(H,17,18)(H,14,16,19). The van der Waals surface area contributed by atoms with E-state index in [0.29, 0.717) is 15.2 Å². The normalized spacial score (nSPS) is 10.4. The summed E-state index contributed by atoms with van der Waals surface area (Å²) in [5, 5.41) is 9.31. The molecule has 0 fully saturated rings. The number of rotatable bonds is 2. The second-order valence-corrected chi connectivity index (χ2v) is 4.84. The highest BCUT2D eigenvalue weighted by Crippen LogP contribution is 2.24. The number of carboxylic acids is 1. The van der Waals surface area contributed by atoms with Gasteiger partial charge in [-0.3, -0.25) is 14.3 Å². The van der Waals surface area contributed by atoms with Crippen molar-refractivity contribution < 1.29 is 9.90 Å². The number of nitrogens with zero attached hydrogens (tertiary/aromatic N) is 1. The Balaban J connectivity index is 2.71. The van der Waals surface area contributed by atoms with Crippen LogP contribution >= 0.6 is 27.5 Å². The predicted octanol–water partition coefficient (Wildman–Crippen LogP) is 1.64. The van der Waals surface area contributed by atoms with E-state index in [-0.39, 0.29) is 0 Å². The summed E-state index contributed by atoms with van der Waals surface area (Å²) in [7, 11) is 0. The van der Waals surface area contributed by atoms with Crippen molar-refractivity contribution in [2.24, 2.45) is 0 Å². The fraction of sp³-hybridized carbons (Fsp3) is 0. The quantitative estimate of drug-likeness (QED) is 0.865. The van der Waals surface area contributed by atoms with E-state index in [9.17, 15) is 14.4 Å². The van der Waals surface area contributed by atoms with E-state index >= 15 is 0 Å². The van der Waals surface area contributed by atoms with Gasteiger partial charge >= 0.3 is 11.7 Å². The molecule has 19 heavy (non-hydrogen) atoms. The maximum absolute atomic E-state index is 11.7. The van der Waals surface area contributed by atoms with Gasteiger partial charge in [0.1, 0.15) is 5.56 Å². The fourth-order valence-electron chi connectivity index (χ4n) is 1.45. The summed E-state index contributed by atoms with van der Waals surface area (Å²) in [5.41, 5.74) is -1.82. The number of halogens is 2. The molecule has 0 aliphatic rings. The molecule has 0 radical (unpaired) electrons. The zero-order valence-electron chi connectivity index (χ0n) is 9.18. The number of carboxylic acid groups (broad SMARTS) is 1. The third-order valence-corrected chi connectivity index (χ3v) is 3.57. The number of aromatic amines is 1. The molecule has 1 aromatic heterocycles. The molecule has 1 heterocycles. The van der Waals surface area contributed by atoms with Gasteiger partial charge in [-0.2, -0.15) is 0 Å². The van der Waals surface area contributed by atoms with Gasteiger partial charge in [0.05, 0.1) is 10.7 Å². The first-order valence-electron chi connectivity index (χ1n) is 4.95. The number of hydrogen-bond donors (Lipinski definition) is 2. The molecule has 0 saturated carbocycles. The summed E-state index contributed by atoms with van der Waals surface area (Å²) >= 11 is 9.02. The molecule has 2 N–H and O–H groups in total. The molecule has 6 nitrogen and oxygen atoms in total. The third kappa shape index (κ3) is 2.61. The molecule has 0 saturated heterocycles. The van der Waals surface area contributed by atoms with Gasteiger partial charge < -0.3 is 5.11 Å². The molecule has 0 spiro atoms. The predicted molar refractivity (Wildman–Crippen MR) is 72.3 cm³/mol. The van der Waals surface area contributed by atoms with Gasteiger partial charge in [-0.05, 0) is 34.1 Å². The molecule has 0 aliphatic carbocycles. The number of aromatic carboxylic acids is 1. The lowest BCUT2D eigenvalue weighted by Gasteiger charge is -2.07. The summed E-state index contributed by atoms with van der Waals surface area (Å²) in [5.74, 6) is -1.41. The molecule has 98 valence electrons. The SMILES string of the molecule is O=C(O)c1cn(-c2ccc(Cl)c(Br)c2)c(=O)[nH]c1=O. The zero-order valence-corrected chi connectivity index (χ0v) is 11.5. The lowest BCUT2D eigenvalue weighted by Crippen LogP contribution is -2.32. The van der Waals surface area contributed by atoms with E-state index in [1.54, 1.807) is 6.07 Å². The van der Waals surface area contributed by atoms with Gasteiger partial charge in [0.25, 0.3) is 5.56 Å². The molecule has 1 aromatic carbocycles. The minimum atomic E-state index is -1.41. The van der Waals surface area contributed by atoms with Crippen molar-refractivity contribution in [3.05, 3.63) is 60.3 Å². The van der Waals surface area contributed by atoms with Gasteiger partial charge in [-0.15, -0.1) is 0 Å². The van der Waals surface area contributed by atoms with E-state index < -0.39 is 22.8 Å². The topological polar surface area (TPSA) is 92.2 Å². The molecular formula is C11H6BrClN2O4. The van der Waals surface area contributed by atoms with Crippen LogP contribution in [0.25, 0.3) is 5.69 Å². The van der Waals surface area contributed by atoms with Gasteiger partial charge in [-0.25, -0.2) is 9.59 Å². The van der Waals surface area contributed by atoms with Crippen LogP contribution in [-0.4, -0.2) is 20.6 Å². The number of H-pyrrole nitrogens is 1. The number of carbonyl (C=O) groups is 1. The van der Waals surface area contributed by atoms with Crippen molar-refractivity contribution in [3.8, 4) is 5.69 Å². The van der Waals surface area contributed by atoms with Crippen LogP contribution in [0.4, 0.5) is 0 Å². The van der Waals surface area contributed by atoms with Crippen LogP contribution in [0.5, 0.6) is 0 Å². The van der Waals surface area contributed by atoms with E-state index in [1.807, 2.05) is 4.98 Å². The summed E-state index contributed by atoms with van der Waals surface area (Å²) < 4.78 is 1.56. The van der Waals surface area contributed by atoms with Crippen LogP contribution in [0.1, 0.15) is 10.4 Å². The Labute approximate surface area is 119 Å². The first-order valence-corrected chi connectivity index (χ1v) is 6.12. The van der Waals surface area contributed by atoms with Crippen LogP contribution in [0.15, 0.2) is 38.5 Å². The summed E-state index contributed by atoms with van der Waals surface area (Å²) in [6.07, 6.45) is 0.971. The first kappa shape index (κ1) is 13.6. The van der Waals surface area contributed by atoms with E-state index in [1.165, 1.54) is 12.1 Å². The largest absolute Gasteiger partial charge is 0.477 e. The minimum Gasteiger partial charge on any atom is -0.477 e. The molecule has 2 rings (SSSR count). The van der Waals surface area contributed by atoms with Crippen LogP contribution in [-0.2, 0) is 0 Å². The Bertz CT molecular complexity index is 781. The summed E-state index contributed by atoms with van der Waals surface area (Å²) in [6, 6.07) is 4.60. The second-order valence-electron chi connectivity index (χ2n) is 3.58. The molecular weight excluding hydrogens is 339 g/mol. The molecule has 2 aromatic rings. The Morgan fingerprint density at radius 2 is 2.05 bits per heavy atom. The van der Waals surface area contributed by atoms with Crippen molar-refractivity contribution in [2.75, 3.05) is 0 Å². The Morgan fingerprint density at radius 1 is 1.37 bits per heavy atom. The number of aromatic nitrogens is 2. The molecule has 0 aliphatic heterocycles. The maximum Gasteiger partial charge on any atom is 0.342 e. The molecule has 0 unspecified atom stereocenters. The molecule has 0 atom stereocenters. The zero-order chi connectivity index (χ0) is 14.2. The number of hydrogen-bond acceptors (Lipinski definition) is 3. The minimum absolute atomic E-state index is 0.375. The monoisotopic (exact) mass is 344 g/mol. The van der Waals surface area contributed by atoms with Crippen molar-refractivity contribution in [2.45, 2.75) is 0 Å². The number of nitrogens with one attached hydrogen (secondary N) is 1. The van der Waals surface area contributed by atoms with Crippen LogP contribution in [0.2, 0.25) is 5.02 Å². The highest BCUT2D eigenvalue weighted by molar-refractivity contribution is 9.10. The van der Waals surface area contributed by atoms with Crippen LogP contribution < -0.4 is 11.2 Å². The van der Waals surface area contributed by atoms with E-state index in [4.69, 9.17) is 16.7 Å². The van der Waals surface area contributed by atoms with Gasteiger partial charge in [0, 0.05) is 10.7 Å². The van der Waals surface area contributed by atoms with Crippen molar-refractivity contribution >= 4 is 33.5 Å². The Morgan fingerprint density at radius 3 is 2.63 bits per heavy atom. The highest BCUT2D eigenvalue weighted by atomic mass is 79.9. The van der Waals surface area contributed by atoms with Crippen LogP contribution in [0.3, 0.4) is 0 Å². The van der Waals surface area contributed by atoms with E-state index in [0.717, 1.165) is 10.8 Å². The summed E-state index contributed by atoms with van der Waals surface area (Å²) in [6.45, 7) is 0. The third-order valence-electron chi connectivity index (χ3n) is 2.35. The lowest BCUT2D eigenvalue weighted by atomic mass is 10.3. The second kappa shape index (κ2) is 5.02. The van der Waals surface area contributed by atoms with Crippen molar-refractivity contribution in [3.63, 3.8) is 0 Å². The number of benzene rings is 1. The van der Waals surface area contributed by atoms with E-state index in [2.05, 4.69) is 15.9 Å². The smallest absolute Gasteiger partial charge is 0.342 e. The van der Waals surface area contributed by atoms with Crippen molar-refractivity contribution in [1.82, 2.24) is 9.55 Å². The maximum atomic E-state index is 11.7. The highest BCUT2D eigenvalue weighted by Gasteiger charge is 2.12. The first-order chi connectivity index (χ1) is 8.90. The van der Waals surface area contributed by atoms with Crippen molar-refractivity contribution in [1.29, 1.82) is 0 Å². The average molecular weight is 346 g/mol. The molecule has 8 heteroatoms. The van der Waals surface area contributed by atoms with Gasteiger partial charge in [0.2, 0.25) is 0 Å². The average Bonchev–Trinajstić information content (AvgIpc) is 2.32. The Kier molecular flexibility index (Phi) is 3.59. The molecule has 0 bridgehead atoms. The van der Waals surface area contributed by atoms with Crippen LogP contribution in [0, 0.1) is 0 Å².